The van der Waals surface area contributed by atoms with Crippen molar-refractivity contribution in [2.24, 2.45) is 0 Å². The SMILES string of the molecule is c1ccc(-c2cccc(-n3c4ccccc4c4cc(-c5ccc6c(c5)c5ccccc5n6-c5cccc6c(-c7ccccc7)cccc56)ccc43)c2)cc1. The van der Waals surface area contributed by atoms with Crippen LogP contribution in [-0.2, 0) is 0 Å². The van der Waals surface area contributed by atoms with Gasteiger partial charge in [-0.2, -0.15) is 0 Å². The minimum absolute atomic E-state index is 1.16. The van der Waals surface area contributed by atoms with Gasteiger partial charge in [0, 0.05) is 32.6 Å². The molecule has 0 aliphatic rings. The molecule has 0 fully saturated rings. The number of fused-ring (bicyclic) bond motifs is 7. The van der Waals surface area contributed by atoms with Crippen LogP contribution in [0, 0.1) is 0 Å². The van der Waals surface area contributed by atoms with E-state index in [-0.39, 0.29) is 0 Å². The molecule has 0 radical (unpaired) electrons. The Bertz CT molecular complexity index is 3200. The van der Waals surface area contributed by atoms with E-state index in [4.69, 9.17) is 0 Å². The molecule has 0 bridgehead atoms. The molecule has 0 amide bonds. The highest BCUT2D eigenvalue weighted by Crippen LogP contribution is 2.40. The smallest absolute Gasteiger partial charge is 0.0541 e. The first-order valence-corrected chi connectivity index (χ1v) is 18.6. The molecular weight excluding hydrogens is 653 g/mol. The Hall–Kier alpha value is -7.16. The summed E-state index contributed by atoms with van der Waals surface area (Å²) in [5, 5.41) is 7.49. The lowest BCUT2D eigenvalue weighted by Gasteiger charge is -2.14. The van der Waals surface area contributed by atoms with Gasteiger partial charge in [0.05, 0.1) is 27.8 Å². The van der Waals surface area contributed by atoms with Gasteiger partial charge in [0.15, 0.2) is 0 Å². The second-order valence-electron chi connectivity index (χ2n) is 14.1. The molecular formula is C52H34N2. The van der Waals surface area contributed by atoms with Crippen molar-refractivity contribution in [1.82, 2.24) is 9.13 Å². The molecule has 252 valence electrons. The standard InChI is InChI=1S/C52H34N2/c1-3-14-35(15-4-1)37-18-11-19-40(32-37)53-48-25-9-7-20-44(48)46-33-38(28-30-51(46)53)39-29-31-52-47(34-39)45-21-8-10-26-49(45)54(52)50-27-13-23-42-41(22-12-24-43(42)50)36-16-5-2-6-17-36/h1-34H. The maximum absolute atomic E-state index is 2.45. The van der Waals surface area contributed by atoms with Crippen molar-refractivity contribution < 1.29 is 0 Å². The predicted molar refractivity (Wildman–Crippen MR) is 229 cm³/mol. The van der Waals surface area contributed by atoms with Crippen LogP contribution in [0.3, 0.4) is 0 Å². The Labute approximate surface area is 313 Å². The maximum atomic E-state index is 2.45. The molecule has 0 aliphatic heterocycles. The molecule has 9 aromatic carbocycles. The molecule has 0 atom stereocenters. The van der Waals surface area contributed by atoms with Gasteiger partial charge in [0.1, 0.15) is 0 Å². The average molecular weight is 687 g/mol. The van der Waals surface area contributed by atoms with E-state index in [1.165, 1.54) is 93.5 Å². The molecule has 2 heterocycles. The van der Waals surface area contributed by atoms with Gasteiger partial charge >= 0.3 is 0 Å². The van der Waals surface area contributed by atoms with Crippen LogP contribution in [-0.4, -0.2) is 9.13 Å². The van der Waals surface area contributed by atoms with Crippen molar-refractivity contribution in [1.29, 1.82) is 0 Å². The summed E-state index contributed by atoms with van der Waals surface area (Å²) in [5.74, 6) is 0. The van der Waals surface area contributed by atoms with Gasteiger partial charge in [0.25, 0.3) is 0 Å². The van der Waals surface area contributed by atoms with Gasteiger partial charge in [-0.1, -0.05) is 152 Å². The summed E-state index contributed by atoms with van der Waals surface area (Å²) in [7, 11) is 0. The van der Waals surface area contributed by atoms with Crippen LogP contribution >= 0.6 is 0 Å². The molecule has 11 rings (SSSR count). The third-order valence-electron chi connectivity index (χ3n) is 11.1. The van der Waals surface area contributed by atoms with Crippen LogP contribution in [0.4, 0.5) is 0 Å². The number of nitrogens with zero attached hydrogens (tertiary/aromatic N) is 2. The zero-order valence-electron chi connectivity index (χ0n) is 29.5. The van der Waals surface area contributed by atoms with Crippen LogP contribution in [0.5, 0.6) is 0 Å². The van der Waals surface area contributed by atoms with Crippen LogP contribution in [0.1, 0.15) is 0 Å². The molecule has 11 aromatic rings. The number of hydrogen-bond donors (Lipinski definition) is 0. The molecule has 2 heteroatoms. The molecule has 0 N–H and O–H groups in total. The summed E-state index contributed by atoms with van der Waals surface area (Å²) >= 11 is 0. The van der Waals surface area contributed by atoms with Gasteiger partial charge in [-0.25, -0.2) is 0 Å². The first-order valence-electron chi connectivity index (χ1n) is 18.6. The van der Waals surface area contributed by atoms with Crippen molar-refractivity contribution in [3.63, 3.8) is 0 Å². The Kier molecular flexibility index (Phi) is 6.90. The lowest BCUT2D eigenvalue weighted by molar-refractivity contribution is 1.18. The van der Waals surface area contributed by atoms with Gasteiger partial charge in [-0.3, -0.25) is 0 Å². The molecule has 0 saturated carbocycles. The number of benzene rings is 9. The Balaban J connectivity index is 1.07. The van der Waals surface area contributed by atoms with E-state index in [0.29, 0.717) is 0 Å². The van der Waals surface area contributed by atoms with E-state index in [1.54, 1.807) is 0 Å². The van der Waals surface area contributed by atoms with Crippen LogP contribution < -0.4 is 0 Å². The summed E-state index contributed by atoms with van der Waals surface area (Å²) < 4.78 is 4.86. The third-order valence-corrected chi connectivity index (χ3v) is 11.1. The summed E-state index contributed by atoms with van der Waals surface area (Å²) in [4.78, 5) is 0. The average Bonchev–Trinajstić information content (AvgIpc) is 3.76. The van der Waals surface area contributed by atoms with Crippen LogP contribution in [0.15, 0.2) is 206 Å². The highest BCUT2D eigenvalue weighted by molar-refractivity contribution is 6.14. The second kappa shape index (κ2) is 12.2. The normalized spacial score (nSPS) is 11.7. The lowest BCUT2D eigenvalue weighted by Crippen LogP contribution is -1.96. The van der Waals surface area contributed by atoms with Crippen molar-refractivity contribution in [2.75, 3.05) is 0 Å². The summed E-state index contributed by atoms with van der Waals surface area (Å²) in [6.45, 7) is 0. The van der Waals surface area contributed by atoms with E-state index in [2.05, 4.69) is 215 Å². The lowest BCUT2D eigenvalue weighted by atomic mass is 9.97. The number of hydrogen-bond acceptors (Lipinski definition) is 0. The fourth-order valence-electron chi connectivity index (χ4n) is 8.66. The molecule has 0 unspecified atom stereocenters. The van der Waals surface area contributed by atoms with Crippen LogP contribution in [0.25, 0.3) is 99.1 Å². The van der Waals surface area contributed by atoms with Crippen molar-refractivity contribution in [3.8, 4) is 44.8 Å². The molecule has 0 saturated heterocycles. The Morgan fingerprint density at radius 1 is 0.241 bits per heavy atom. The van der Waals surface area contributed by atoms with E-state index < -0.39 is 0 Å². The fraction of sp³-hybridized carbons (Fsp3) is 0. The third kappa shape index (κ3) is 4.74. The molecule has 54 heavy (non-hydrogen) atoms. The largest absolute Gasteiger partial charge is 0.309 e. The van der Waals surface area contributed by atoms with E-state index >= 15 is 0 Å². The topological polar surface area (TPSA) is 9.86 Å². The Morgan fingerprint density at radius 2 is 0.722 bits per heavy atom. The monoisotopic (exact) mass is 686 g/mol. The molecule has 2 nitrogen and oxygen atoms in total. The second-order valence-corrected chi connectivity index (χ2v) is 14.1. The van der Waals surface area contributed by atoms with E-state index in [1.807, 2.05) is 0 Å². The number of rotatable bonds is 5. The first-order chi connectivity index (χ1) is 26.8. The van der Waals surface area contributed by atoms with Crippen molar-refractivity contribution >= 4 is 54.4 Å². The zero-order chi connectivity index (χ0) is 35.6. The minimum atomic E-state index is 1.16. The summed E-state index contributed by atoms with van der Waals surface area (Å²) in [6.07, 6.45) is 0. The maximum Gasteiger partial charge on any atom is 0.0541 e. The van der Waals surface area contributed by atoms with Crippen LogP contribution in [0.2, 0.25) is 0 Å². The minimum Gasteiger partial charge on any atom is -0.309 e. The van der Waals surface area contributed by atoms with Gasteiger partial charge < -0.3 is 9.13 Å². The Morgan fingerprint density at radius 3 is 1.43 bits per heavy atom. The van der Waals surface area contributed by atoms with E-state index in [9.17, 15) is 0 Å². The molecule has 2 aromatic heterocycles. The highest BCUT2D eigenvalue weighted by atomic mass is 15.0. The molecule has 0 aliphatic carbocycles. The molecule has 0 spiro atoms. The van der Waals surface area contributed by atoms with Gasteiger partial charge in [-0.15, -0.1) is 0 Å². The predicted octanol–water partition coefficient (Wildman–Crippen LogP) is 14.0. The van der Waals surface area contributed by atoms with Crippen molar-refractivity contribution in [3.05, 3.63) is 206 Å². The fourth-order valence-corrected chi connectivity index (χ4v) is 8.66. The first kappa shape index (κ1) is 30.5. The zero-order valence-corrected chi connectivity index (χ0v) is 29.5. The quantitative estimate of drug-likeness (QED) is 0.171. The highest BCUT2D eigenvalue weighted by Gasteiger charge is 2.18. The van der Waals surface area contributed by atoms with Gasteiger partial charge in [0.2, 0.25) is 0 Å². The number of aromatic nitrogens is 2. The summed E-state index contributed by atoms with van der Waals surface area (Å²) in [5.41, 5.74) is 14.5. The van der Waals surface area contributed by atoms with E-state index in [0.717, 1.165) is 5.69 Å². The summed E-state index contributed by atoms with van der Waals surface area (Å²) in [6, 6.07) is 75.2. The van der Waals surface area contributed by atoms with Crippen molar-refractivity contribution in [2.45, 2.75) is 0 Å². The number of para-hydroxylation sites is 2. The van der Waals surface area contributed by atoms with Gasteiger partial charge in [-0.05, 0) is 93.4 Å².